The number of halogens is 7. The van der Waals surface area contributed by atoms with Crippen LogP contribution >= 0.6 is 22.9 Å². The number of amides is 2. The minimum Gasteiger partial charge on any atom is -0.493 e. The number of thiophene rings is 1. The summed E-state index contributed by atoms with van der Waals surface area (Å²) in [6, 6.07) is 10.1. The highest BCUT2D eigenvalue weighted by molar-refractivity contribution is 7.08. The molecule has 6 rings (SSSR count). The lowest BCUT2D eigenvalue weighted by Crippen LogP contribution is -2.41. The number of benzene rings is 1. The van der Waals surface area contributed by atoms with Gasteiger partial charge >= 0.3 is 30.3 Å². The quantitative estimate of drug-likeness (QED) is 0.123. The average molecular weight is 804 g/mol. The van der Waals surface area contributed by atoms with Crippen LogP contribution < -0.4 is 20.7 Å². The summed E-state index contributed by atoms with van der Waals surface area (Å²) in [5, 5.41) is 28.1. The second-order valence-electron chi connectivity index (χ2n) is 11.7. The Labute approximate surface area is 312 Å². The first kappa shape index (κ1) is 41.4. The number of hydrogen-bond acceptors (Lipinski definition) is 10. The molecule has 1 aromatic carbocycles. The maximum absolute atomic E-state index is 12.5. The van der Waals surface area contributed by atoms with Crippen molar-refractivity contribution in [1.82, 2.24) is 19.9 Å². The number of aryl methyl sites for hydroxylation is 2. The van der Waals surface area contributed by atoms with Crippen LogP contribution in [-0.2, 0) is 22.4 Å². The predicted octanol–water partition coefficient (Wildman–Crippen LogP) is 8.15. The molecule has 1 saturated heterocycles. The van der Waals surface area contributed by atoms with Gasteiger partial charge in [-0.1, -0.05) is 11.6 Å². The highest BCUT2D eigenvalue weighted by atomic mass is 35.5. The summed E-state index contributed by atoms with van der Waals surface area (Å²) in [4.78, 5) is 45.4. The third kappa shape index (κ3) is 12.9. The maximum Gasteiger partial charge on any atom is 0.490 e. The van der Waals surface area contributed by atoms with Gasteiger partial charge in [0.15, 0.2) is 5.82 Å². The molecule has 5 heterocycles. The molecule has 0 spiro atoms. The minimum atomic E-state index is -5.08. The third-order valence-electron chi connectivity index (χ3n) is 7.74. The van der Waals surface area contributed by atoms with Crippen molar-refractivity contribution in [3.63, 3.8) is 0 Å². The number of nitrogens with zero attached hydrogens (tertiary/aromatic N) is 4. The number of carboxylic acids is 2. The number of anilines is 5. The molecule has 0 unspecified atom stereocenters. The summed E-state index contributed by atoms with van der Waals surface area (Å²) < 4.78 is 69.8. The zero-order valence-corrected chi connectivity index (χ0v) is 29.5. The normalized spacial score (nSPS) is 14.1. The number of pyridine rings is 1. The van der Waals surface area contributed by atoms with Crippen molar-refractivity contribution >= 4 is 69.7 Å². The van der Waals surface area contributed by atoms with E-state index in [4.69, 9.17) is 36.1 Å². The van der Waals surface area contributed by atoms with Crippen LogP contribution in [0, 0.1) is 5.92 Å². The molecule has 13 nitrogen and oxygen atoms in total. The van der Waals surface area contributed by atoms with Gasteiger partial charge in [0.05, 0.1) is 30.4 Å². The number of ether oxygens (including phenoxy) is 1. The van der Waals surface area contributed by atoms with Gasteiger partial charge in [-0.05, 0) is 84.9 Å². The van der Waals surface area contributed by atoms with Crippen molar-refractivity contribution < 1.29 is 55.7 Å². The molecule has 2 aliphatic rings. The molecule has 2 amide bonds. The number of carbonyl (C=O) groups is 3. The number of fused-ring (bicyclic) bond motifs is 6. The van der Waals surface area contributed by atoms with Gasteiger partial charge in [0.1, 0.15) is 10.8 Å². The summed E-state index contributed by atoms with van der Waals surface area (Å²) in [5.41, 5.74) is 4.78. The molecule has 1 fully saturated rings. The first-order valence-corrected chi connectivity index (χ1v) is 17.2. The van der Waals surface area contributed by atoms with Gasteiger partial charge in [-0.25, -0.2) is 19.4 Å². The summed E-state index contributed by atoms with van der Waals surface area (Å²) in [6.45, 7) is 2.16. The molecule has 0 radical (unpaired) electrons. The smallest absolute Gasteiger partial charge is 0.490 e. The minimum absolute atomic E-state index is 0.0159. The molecular weight excluding hydrogens is 772 g/mol. The van der Waals surface area contributed by atoms with Gasteiger partial charge in [0, 0.05) is 30.4 Å². The lowest BCUT2D eigenvalue weighted by atomic mass is 9.94. The van der Waals surface area contributed by atoms with Crippen LogP contribution in [0.15, 0.2) is 59.7 Å². The summed E-state index contributed by atoms with van der Waals surface area (Å²) >= 11 is 7.96. The number of carboxylic acid groups (broad SMARTS) is 2. The zero-order chi connectivity index (χ0) is 39.5. The summed E-state index contributed by atoms with van der Waals surface area (Å²) in [5.74, 6) is -3.13. The lowest BCUT2D eigenvalue weighted by Gasteiger charge is -2.32. The van der Waals surface area contributed by atoms with Crippen molar-refractivity contribution in [3.8, 4) is 5.75 Å². The highest BCUT2D eigenvalue weighted by Crippen LogP contribution is 2.31. The van der Waals surface area contributed by atoms with Gasteiger partial charge in [0.25, 0.3) is 0 Å². The molecule has 4 aromatic rings. The SMILES string of the molecule is O=C(Nc1ccsc1)N1CCC(CCOc2ccc3cc2CCc2cncc(c2)Nc2ncc(Cl)c(n2)N3)CC1.O=C(O)C(F)(F)F.O=C(O)C(F)(F)F. The molecule has 0 aliphatic carbocycles. The molecule has 6 bridgehead atoms. The van der Waals surface area contributed by atoms with E-state index in [1.807, 2.05) is 40.1 Å². The Morgan fingerprint density at radius 1 is 0.944 bits per heavy atom. The van der Waals surface area contributed by atoms with Crippen LogP contribution in [0.3, 0.4) is 0 Å². The number of piperidine rings is 1. The Kier molecular flexibility index (Phi) is 14.3. The van der Waals surface area contributed by atoms with Crippen molar-refractivity contribution in [2.24, 2.45) is 5.92 Å². The fraction of sp³-hybridized carbons (Fsp3) is 0.333. The highest BCUT2D eigenvalue weighted by Gasteiger charge is 2.39. The second kappa shape index (κ2) is 18.6. The van der Waals surface area contributed by atoms with E-state index >= 15 is 0 Å². The number of rotatable bonds is 5. The molecule has 5 N–H and O–H groups in total. The molecular formula is C33H32ClF6N7O6S. The summed E-state index contributed by atoms with van der Waals surface area (Å²) in [7, 11) is 0. The first-order valence-electron chi connectivity index (χ1n) is 15.9. The molecule has 0 atom stereocenters. The van der Waals surface area contributed by atoms with Crippen molar-refractivity contribution in [2.45, 2.75) is 44.5 Å². The van der Waals surface area contributed by atoms with Crippen molar-refractivity contribution in [1.29, 1.82) is 0 Å². The molecule has 290 valence electrons. The van der Waals surface area contributed by atoms with Gasteiger partial charge < -0.3 is 35.8 Å². The molecule has 21 heteroatoms. The van der Waals surface area contributed by atoms with Crippen LogP contribution in [-0.4, -0.2) is 80.1 Å². The Hall–Kier alpha value is -5.37. The Morgan fingerprint density at radius 2 is 1.63 bits per heavy atom. The van der Waals surface area contributed by atoms with E-state index in [1.165, 1.54) is 0 Å². The average Bonchev–Trinajstić information content (AvgIpc) is 3.62. The lowest BCUT2D eigenvalue weighted by molar-refractivity contribution is -0.193. The molecule has 2 aliphatic heterocycles. The van der Waals surface area contributed by atoms with E-state index in [0.717, 1.165) is 79.1 Å². The third-order valence-corrected chi connectivity index (χ3v) is 8.70. The second-order valence-corrected chi connectivity index (χ2v) is 12.8. The number of urea groups is 1. The molecule has 0 saturated carbocycles. The van der Waals surface area contributed by atoms with Crippen LogP contribution in [0.5, 0.6) is 5.75 Å². The molecule has 3 aromatic heterocycles. The number of nitrogens with one attached hydrogen (secondary N) is 3. The fourth-order valence-corrected chi connectivity index (χ4v) is 5.77. The van der Waals surface area contributed by atoms with Gasteiger partial charge in [-0.2, -0.15) is 42.7 Å². The largest absolute Gasteiger partial charge is 0.493 e. The van der Waals surface area contributed by atoms with E-state index in [2.05, 4.69) is 43.0 Å². The Bertz CT molecular complexity index is 1870. The van der Waals surface area contributed by atoms with Gasteiger partial charge in [-0.15, -0.1) is 0 Å². The number of carbonyl (C=O) groups excluding carboxylic acids is 1. The van der Waals surface area contributed by atoms with Gasteiger partial charge in [-0.3, -0.25) is 4.98 Å². The first-order chi connectivity index (χ1) is 25.5. The Balaban J connectivity index is 0.000000396. The number of aliphatic carboxylic acids is 2. The summed E-state index contributed by atoms with van der Waals surface area (Å²) in [6.07, 6.45) is -0.425. The van der Waals surface area contributed by atoms with Crippen LogP contribution in [0.25, 0.3) is 0 Å². The standard InChI is InChI=1S/C29H30ClN7O2S.2C2HF3O2/c30-25-17-32-28-34-24-13-20(15-31-16-24)1-2-21-14-22(33-27(25)36-28)3-4-26(21)39-11-7-19-5-9-37(10-6-19)29(38)35-23-8-12-40-18-23;2*3-2(4,5)1(6)7/h3-4,8,12-19H,1-2,5-7,9-11H2,(H,35,38)(H2,32,33,34,36);2*(H,6,7). The zero-order valence-electron chi connectivity index (χ0n) is 27.9. The van der Waals surface area contributed by atoms with Crippen molar-refractivity contribution in [2.75, 3.05) is 35.6 Å². The number of hydrogen-bond donors (Lipinski definition) is 5. The van der Waals surface area contributed by atoms with Crippen LogP contribution in [0.1, 0.15) is 30.4 Å². The van der Waals surface area contributed by atoms with E-state index < -0.39 is 24.3 Å². The predicted molar refractivity (Wildman–Crippen MR) is 187 cm³/mol. The van der Waals surface area contributed by atoms with Crippen LogP contribution in [0.4, 0.5) is 60.0 Å². The van der Waals surface area contributed by atoms with Crippen molar-refractivity contribution in [3.05, 3.63) is 75.8 Å². The maximum atomic E-state index is 12.5. The van der Waals surface area contributed by atoms with E-state index in [9.17, 15) is 31.1 Å². The number of alkyl halides is 6. The Morgan fingerprint density at radius 3 is 2.26 bits per heavy atom. The number of aromatic nitrogens is 3. The van der Waals surface area contributed by atoms with Gasteiger partial charge in [0.2, 0.25) is 5.95 Å². The van der Waals surface area contributed by atoms with Crippen LogP contribution in [0.2, 0.25) is 5.02 Å². The van der Waals surface area contributed by atoms with E-state index in [-0.39, 0.29) is 6.03 Å². The monoisotopic (exact) mass is 803 g/mol. The van der Waals surface area contributed by atoms with E-state index in [1.54, 1.807) is 23.7 Å². The van der Waals surface area contributed by atoms with E-state index in [0.29, 0.717) is 29.3 Å². The fourth-order valence-electron chi connectivity index (χ4n) is 5.04. The molecule has 54 heavy (non-hydrogen) atoms. The number of likely N-dealkylation sites (tertiary alicyclic amines) is 1. The topological polar surface area (TPSA) is 179 Å².